The van der Waals surface area contributed by atoms with Crippen LogP contribution in [-0.4, -0.2) is 29.2 Å². The van der Waals surface area contributed by atoms with E-state index in [0.29, 0.717) is 6.07 Å². The van der Waals surface area contributed by atoms with Crippen LogP contribution in [0, 0.1) is 28.9 Å². The van der Waals surface area contributed by atoms with E-state index in [1.807, 2.05) is 6.07 Å². The molecule has 0 saturated heterocycles. The fourth-order valence-electron chi connectivity index (χ4n) is 2.47. The van der Waals surface area contributed by atoms with Gasteiger partial charge in [0.2, 0.25) is 0 Å². The first-order chi connectivity index (χ1) is 10.9. The Morgan fingerprint density at radius 1 is 1.39 bits per heavy atom. The molecule has 1 aliphatic heterocycles. The van der Waals surface area contributed by atoms with Crippen molar-refractivity contribution in [3.8, 4) is 6.07 Å². The number of aliphatic imine (C=N–C) groups is 1. The van der Waals surface area contributed by atoms with Crippen LogP contribution in [0.1, 0.15) is 25.5 Å². The number of nitrogens with one attached hydrogen (secondary N) is 1. The predicted octanol–water partition coefficient (Wildman–Crippen LogP) is 2.77. The summed E-state index contributed by atoms with van der Waals surface area (Å²) in [6.45, 7) is 3.36. The lowest BCUT2D eigenvalue weighted by atomic mass is 9.88. The minimum Gasteiger partial charge on any atom is -0.338 e. The summed E-state index contributed by atoms with van der Waals surface area (Å²) in [5.41, 5.74) is 0.204. The van der Waals surface area contributed by atoms with Crippen LogP contribution < -0.4 is 5.32 Å². The van der Waals surface area contributed by atoms with Gasteiger partial charge in [0.1, 0.15) is 17.6 Å². The van der Waals surface area contributed by atoms with Crippen LogP contribution in [0.5, 0.6) is 0 Å². The molecular weight excluding hydrogens is 306 g/mol. The first kappa shape index (κ1) is 16.5. The normalized spacial score (nSPS) is 20.7. The molecule has 1 aliphatic rings. The molecule has 2 rings (SSSR count). The predicted molar refractivity (Wildman–Crippen MR) is 77.6 cm³/mol. The molecule has 23 heavy (non-hydrogen) atoms. The maximum atomic E-state index is 13.5. The van der Waals surface area contributed by atoms with Gasteiger partial charge >= 0.3 is 12.1 Å². The van der Waals surface area contributed by atoms with Gasteiger partial charge in [-0.25, -0.2) is 28.3 Å². The van der Waals surface area contributed by atoms with Gasteiger partial charge in [-0.15, -0.1) is 0 Å². The van der Waals surface area contributed by atoms with Gasteiger partial charge in [0, 0.05) is 18.3 Å². The fourth-order valence-corrected chi connectivity index (χ4v) is 2.47. The molecule has 0 fully saturated rings. The molecule has 2 atom stereocenters. The number of hydrogen-bond donors (Lipinski definition) is 1. The maximum Gasteiger partial charge on any atom is 0.352 e. The molecule has 0 aromatic heterocycles. The number of halogens is 2. The summed E-state index contributed by atoms with van der Waals surface area (Å²) in [6, 6.07) is 1.80. The van der Waals surface area contributed by atoms with E-state index in [1.54, 1.807) is 6.92 Å². The number of benzene rings is 1. The van der Waals surface area contributed by atoms with E-state index >= 15 is 0 Å². The van der Waals surface area contributed by atoms with Crippen LogP contribution in [0.3, 0.4) is 0 Å². The Morgan fingerprint density at radius 2 is 2.00 bits per heavy atom. The van der Waals surface area contributed by atoms with Crippen molar-refractivity contribution in [1.29, 1.82) is 5.26 Å². The summed E-state index contributed by atoms with van der Waals surface area (Å²) in [5.74, 6) is -2.71. The second-order valence-corrected chi connectivity index (χ2v) is 5.00. The summed E-state index contributed by atoms with van der Waals surface area (Å²) in [4.78, 5) is 28.7. The zero-order valence-electron chi connectivity index (χ0n) is 12.5. The molecule has 4 amide bonds. The molecule has 1 heterocycles. The van der Waals surface area contributed by atoms with Crippen molar-refractivity contribution in [2.24, 2.45) is 10.9 Å². The van der Waals surface area contributed by atoms with Crippen LogP contribution >= 0.6 is 0 Å². The first-order valence-electron chi connectivity index (χ1n) is 6.90. The van der Waals surface area contributed by atoms with Crippen LogP contribution in [0.4, 0.5) is 18.4 Å². The lowest BCUT2D eigenvalue weighted by Gasteiger charge is -2.35. The molecule has 0 saturated carbocycles. The fraction of sp³-hybridized carbons (Fsp3) is 0.333. The zero-order valence-corrected chi connectivity index (χ0v) is 12.5. The van der Waals surface area contributed by atoms with Gasteiger partial charge in [-0.3, -0.25) is 0 Å². The molecule has 1 aromatic carbocycles. The average Bonchev–Trinajstić information content (AvgIpc) is 2.45. The first-order valence-corrected chi connectivity index (χ1v) is 6.90. The molecule has 1 aromatic rings. The number of nitrogens with zero attached hydrogens (tertiary/aromatic N) is 3. The third kappa shape index (κ3) is 3.18. The zero-order chi connectivity index (χ0) is 17.1. The second-order valence-electron chi connectivity index (χ2n) is 5.00. The number of rotatable bonds is 2. The highest BCUT2D eigenvalue weighted by molar-refractivity contribution is 6.05. The lowest BCUT2D eigenvalue weighted by Crippen LogP contribution is -2.50. The summed E-state index contributed by atoms with van der Waals surface area (Å²) < 4.78 is 27.1. The van der Waals surface area contributed by atoms with E-state index < -0.39 is 35.7 Å². The van der Waals surface area contributed by atoms with E-state index in [0.717, 1.165) is 17.0 Å². The van der Waals surface area contributed by atoms with Gasteiger partial charge in [0.15, 0.2) is 0 Å². The quantitative estimate of drug-likeness (QED) is 0.909. The number of carbonyl (C=O) groups excluding carboxylic acids is 2. The molecule has 8 heteroatoms. The summed E-state index contributed by atoms with van der Waals surface area (Å²) >= 11 is 0. The average molecular weight is 320 g/mol. The Morgan fingerprint density at radius 3 is 2.52 bits per heavy atom. The van der Waals surface area contributed by atoms with Crippen LogP contribution in [-0.2, 0) is 0 Å². The molecule has 0 radical (unpaired) electrons. The molecule has 0 bridgehead atoms. The van der Waals surface area contributed by atoms with E-state index in [2.05, 4.69) is 10.3 Å². The Hall–Kier alpha value is -2.82. The summed E-state index contributed by atoms with van der Waals surface area (Å²) in [7, 11) is 0. The van der Waals surface area contributed by atoms with Crippen molar-refractivity contribution in [3.05, 3.63) is 35.4 Å². The topological polar surface area (TPSA) is 85.6 Å². The number of carbonyl (C=O) groups is 2. The molecule has 2 unspecified atom stereocenters. The minimum absolute atomic E-state index is 0.0166. The Labute approximate surface area is 131 Å². The largest absolute Gasteiger partial charge is 0.352 e. The third-order valence-electron chi connectivity index (χ3n) is 3.43. The Balaban J connectivity index is 2.60. The highest BCUT2D eigenvalue weighted by Gasteiger charge is 2.42. The molecule has 120 valence electrons. The van der Waals surface area contributed by atoms with Gasteiger partial charge < -0.3 is 5.32 Å². The number of imide groups is 1. The van der Waals surface area contributed by atoms with Crippen molar-refractivity contribution >= 4 is 17.8 Å². The van der Waals surface area contributed by atoms with Crippen molar-refractivity contribution in [2.45, 2.75) is 19.9 Å². The number of hydrogen-bond acceptors (Lipinski definition) is 3. The standard InChI is InChI=1S/C15H14F2N4O2/c1-3-19-14(22)21-13(9-4-10(16)6-11(17)5-9)12(7-18)8(2)20-15(21)23/h4-6,12-13H,3H2,1-2H3,(H,19,22). The van der Waals surface area contributed by atoms with E-state index in [4.69, 9.17) is 0 Å². The van der Waals surface area contributed by atoms with Gasteiger partial charge in [-0.2, -0.15) is 5.26 Å². The molecule has 1 N–H and O–H groups in total. The van der Waals surface area contributed by atoms with Gasteiger partial charge in [0.25, 0.3) is 0 Å². The Bertz CT molecular complexity index is 706. The number of amides is 4. The van der Waals surface area contributed by atoms with Gasteiger partial charge in [-0.1, -0.05) is 0 Å². The van der Waals surface area contributed by atoms with E-state index in [9.17, 15) is 23.6 Å². The van der Waals surface area contributed by atoms with Crippen molar-refractivity contribution in [3.63, 3.8) is 0 Å². The van der Waals surface area contributed by atoms with E-state index in [-0.39, 0.29) is 17.8 Å². The highest BCUT2D eigenvalue weighted by atomic mass is 19.1. The van der Waals surface area contributed by atoms with Crippen LogP contribution in [0.2, 0.25) is 0 Å². The number of nitriles is 1. The SMILES string of the molecule is CCNC(=O)N1C(=O)N=C(C)C(C#N)C1c1cc(F)cc(F)c1. The van der Waals surface area contributed by atoms with Gasteiger partial charge in [0.05, 0.1) is 12.1 Å². The van der Waals surface area contributed by atoms with Crippen molar-refractivity contribution in [2.75, 3.05) is 6.54 Å². The smallest absolute Gasteiger partial charge is 0.338 e. The van der Waals surface area contributed by atoms with Crippen LogP contribution in [0.25, 0.3) is 0 Å². The maximum absolute atomic E-state index is 13.5. The molecular formula is C15H14F2N4O2. The van der Waals surface area contributed by atoms with Gasteiger partial charge in [-0.05, 0) is 31.5 Å². The number of urea groups is 2. The van der Waals surface area contributed by atoms with Crippen molar-refractivity contribution in [1.82, 2.24) is 10.2 Å². The van der Waals surface area contributed by atoms with E-state index in [1.165, 1.54) is 6.92 Å². The van der Waals surface area contributed by atoms with Crippen LogP contribution in [0.15, 0.2) is 23.2 Å². The highest BCUT2D eigenvalue weighted by Crippen LogP contribution is 2.34. The Kier molecular flexibility index (Phi) is 4.69. The summed E-state index contributed by atoms with van der Waals surface area (Å²) in [6.07, 6.45) is 0. The second kappa shape index (κ2) is 6.52. The monoisotopic (exact) mass is 320 g/mol. The molecule has 0 aliphatic carbocycles. The summed E-state index contributed by atoms with van der Waals surface area (Å²) in [5, 5.41) is 11.8. The molecule has 6 nitrogen and oxygen atoms in total. The molecule has 0 spiro atoms. The van der Waals surface area contributed by atoms with Crippen molar-refractivity contribution < 1.29 is 18.4 Å². The minimum atomic E-state index is -1.15. The lowest BCUT2D eigenvalue weighted by molar-refractivity contribution is 0.167. The third-order valence-corrected chi connectivity index (χ3v) is 3.43.